The normalized spacial score (nSPS) is 12.1. The fraction of sp³-hybridized carbons (Fsp3) is 0.133. The Morgan fingerprint density at radius 2 is 1.67 bits per heavy atom. The number of halogens is 2. The van der Waals surface area contributed by atoms with Crippen LogP contribution in [0.4, 0.5) is 4.39 Å². The molecule has 0 N–H and O–H groups in total. The molecule has 0 aromatic heterocycles. The number of carbonyl (C=O) groups excluding carboxylic acids is 1. The molecule has 1 atom stereocenters. The van der Waals surface area contributed by atoms with E-state index in [0.717, 1.165) is 15.6 Å². The van der Waals surface area contributed by atoms with E-state index >= 15 is 0 Å². The molecule has 0 heterocycles. The van der Waals surface area contributed by atoms with Crippen LogP contribution >= 0.6 is 15.9 Å². The van der Waals surface area contributed by atoms with Crippen molar-refractivity contribution >= 4 is 22.2 Å². The highest BCUT2D eigenvalue weighted by atomic mass is 79.9. The third kappa shape index (κ3) is 3.26. The molecule has 3 heteroatoms. The van der Waals surface area contributed by atoms with Crippen molar-refractivity contribution in [1.29, 1.82) is 0 Å². The second-order valence-corrected chi connectivity index (χ2v) is 4.97. The molecule has 0 aliphatic carbocycles. The minimum atomic E-state index is -0.316. The fourth-order valence-corrected chi connectivity index (χ4v) is 2.04. The molecule has 0 fully saturated rings. The van der Waals surface area contributed by atoms with E-state index in [0.29, 0.717) is 6.42 Å². The Bertz CT molecular complexity index is 519. The predicted octanol–water partition coefficient (Wildman–Crippen LogP) is 4.02. The molecular formula is C15H11BrFO. The van der Waals surface area contributed by atoms with Gasteiger partial charge in [0.2, 0.25) is 6.29 Å². The standard InChI is InChI=1S/C15H11BrFO/c16-14-5-3-12(4-6-14)13(10-18)9-11-1-7-15(17)8-2-11/h1-8,13H,9H2. The van der Waals surface area contributed by atoms with Crippen molar-refractivity contribution < 1.29 is 9.18 Å². The number of hydrogen-bond donors (Lipinski definition) is 0. The van der Waals surface area contributed by atoms with Crippen LogP contribution < -0.4 is 0 Å². The molecule has 91 valence electrons. The van der Waals surface area contributed by atoms with Crippen molar-refractivity contribution in [3.8, 4) is 0 Å². The van der Waals surface area contributed by atoms with Crippen LogP contribution in [0.3, 0.4) is 0 Å². The van der Waals surface area contributed by atoms with Gasteiger partial charge in [-0.15, -0.1) is 0 Å². The first-order valence-corrected chi connectivity index (χ1v) is 6.36. The van der Waals surface area contributed by atoms with E-state index in [1.807, 2.05) is 30.6 Å². The molecule has 1 nitrogen and oxygen atoms in total. The Hall–Kier alpha value is -1.48. The Morgan fingerprint density at radius 3 is 2.22 bits per heavy atom. The van der Waals surface area contributed by atoms with Gasteiger partial charge in [-0.1, -0.05) is 40.2 Å². The summed E-state index contributed by atoms with van der Waals surface area (Å²) in [5, 5.41) is 0. The molecule has 0 bridgehead atoms. The lowest BCUT2D eigenvalue weighted by Crippen LogP contribution is -2.04. The second kappa shape index (κ2) is 5.91. The first-order chi connectivity index (χ1) is 8.69. The first kappa shape index (κ1) is 13.0. The summed E-state index contributed by atoms with van der Waals surface area (Å²) in [6.45, 7) is 0. The van der Waals surface area contributed by atoms with E-state index < -0.39 is 0 Å². The monoisotopic (exact) mass is 305 g/mol. The predicted molar refractivity (Wildman–Crippen MR) is 72.7 cm³/mol. The lowest BCUT2D eigenvalue weighted by molar-refractivity contribution is 0.541. The summed E-state index contributed by atoms with van der Waals surface area (Å²) < 4.78 is 13.8. The van der Waals surface area contributed by atoms with Gasteiger partial charge in [0.1, 0.15) is 5.82 Å². The van der Waals surface area contributed by atoms with Crippen molar-refractivity contribution in [2.45, 2.75) is 12.3 Å². The van der Waals surface area contributed by atoms with Crippen LogP contribution in [0.15, 0.2) is 53.0 Å². The van der Waals surface area contributed by atoms with Crippen LogP contribution in [0.25, 0.3) is 0 Å². The molecule has 2 rings (SSSR count). The molecule has 18 heavy (non-hydrogen) atoms. The van der Waals surface area contributed by atoms with Gasteiger partial charge < -0.3 is 0 Å². The molecule has 0 aliphatic heterocycles. The third-order valence-electron chi connectivity index (χ3n) is 2.77. The van der Waals surface area contributed by atoms with Crippen LogP contribution in [0.2, 0.25) is 0 Å². The van der Waals surface area contributed by atoms with Crippen LogP contribution in [0.1, 0.15) is 17.0 Å². The average molecular weight is 306 g/mol. The van der Waals surface area contributed by atoms with Crippen LogP contribution in [0.5, 0.6) is 0 Å². The minimum Gasteiger partial charge on any atom is -0.290 e. The maximum atomic E-state index is 12.8. The van der Waals surface area contributed by atoms with Gasteiger partial charge in [-0.3, -0.25) is 4.79 Å². The summed E-state index contributed by atoms with van der Waals surface area (Å²) in [6, 6.07) is 13.8. The highest BCUT2D eigenvalue weighted by Crippen LogP contribution is 2.21. The third-order valence-corrected chi connectivity index (χ3v) is 3.30. The summed E-state index contributed by atoms with van der Waals surface area (Å²) in [5.74, 6) is -0.586. The summed E-state index contributed by atoms with van der Waals surface area (Å²) in [6.07, 6.45) is 2.57. The fourth-order valence-electron chi connectivity index (χ4n) is 1.78. The number of hydrogen-bond acceptors (Lipinski definition) is 1. The van der Waals surface area contributed by atoms with Gasteiger partial charge in [-0.2, -0.15) is 0 Å². The lowest BCUT2D eigenvalue weighted by Gasteiger charge is -2.10. The van der Waals surface area contributed by atoms with E-state index in [1.54, 1.807) is 12.1 Å². The van der Waals surface area contributed by atoms with Gasteiger partial charge in [-0.25, -0.2) is 4.39 Å². The maximum absolute atomic E-state index is 12.8. The first-order valence-electron chi connectivity index (χ1n) is 5.56. The lowest BCUT2D eigenvalue weighted by atomic mass is 9.93. The Balaban J connectivity index is 2.16. The Labute approximate surface area is 114 Å². The van der Waals surface area contributed by atoms with E-state index in [1.165, 1.54) is 12.1 Å². The highest BCUT2D eigenvalue weighted by Gasteiger charge is 2.12. The van der Waals surface area contributed by atoms with E-state index in [2.05, 4.69) is 15.9 Å². The summed E-state index contributed by atoms with van der Waals surface area (Å²) >= 11 is 3.35. The molecular weight excluding hydrogens is 295 g/mol. The van der Waals surface area contributed by atoms with Gasteiger partial charge in [0.25, 0.3) is 0 Å². The Morgan fingerprint density at radius 1 is 1.06 bits per heavy atom. The maximum Gasteiger partial charge on any atom is 0.206 e. The van der Waals surface area contributed by atoms with E-state index in [9.17, 15) is 9.18 Å². The molecule has 0 aliphatic rings. The van der Waals surface area contributed by atoms with E-state index in [-0.39, 0.29) is 11.7 Å². The van der Waals surface area contributed by atoms with Crippen molar-refractivity contribution in [3.05, 3.63) is 69.9 Å². The quantitative estimate of drug-likeness (QED) is 0.833. The van der Waals surface area contributed by atoms with Crippen LogP contribution in [0, 0.1) is 5.82 Å². The molecule has 0 spiro atoms. The van der Waals surface area contributed by atoms with Gasteiger partial charge >= 0.3 is 0 Å². The molecule has 2 aromatic carbocycles. The zero-order chi connectivity index (χ0) is 13.0. The van der Waals surface area contributed by atoms with Gasteiger partial charge in [-0.05, 0) is 41.8 Å². The minimum absolute atomic E-state index is 0.269. The summed E-state index contributed by atoms with van der Waals surface area (Å²) in [7, 11) is 0. The average Bonchev–Trinajstić information content (AvgIpc) is 2.39. The van der Waals surface area contributed by atoms with Gasteiger partial charge in [0.05, 0.1) is 5.92 Å². The van der Waals surface area contributed by atoms with Crippen LogP contribution in [-0.4, -0.2) is 6.29 Å². The zero-order valence-corrected chi connectivity index (χ0v) is 11.2. The SMILES string of the molecule is O=[C]C(Cc1ccc(F)cc1)c1ccc(Br)cc1. The molecule has 1 radical (unpaired) electrons. The molecule has 0 amide bonds. The smallest absolute Gasteiger partial charge is 0.206 e. The van der Waals surface area contributed by atoms with E-state index in [4.69, 9.17) is 0 Å². The Kier molecular flexibility index (Phi) is 4.26. The van der Waals surface area contributed by atoms with Gasteiger partial charge in [0, 0.05) is 4.47 Å². The summed E-state index contributed by atoms with van der Waals surface area (Å²) in [4.78, 5) is 11.1. The largest absolute Gasteiger partial charge is 0.290 e. The molecule has 2 aromatic rings. The van der Waals surface area contributed by atoms with Crippen molar-refractivity contribution in [3.63, 3.8) is 0 Å². The number of rotatable bonds is 4. The van der Waals surface area contributed by atoms with Crippen LogP contribution in [-0.2, 0) is 11.2 Å². The molecule has 1 unspecified atom stereocenters. The second-order valence-electron chi connectivity index (χ2n) is 4.05. The van der Waals surface area contributed by atoms with Crippen molar-refractivity contribution in [1.82, 2.24) is 0 Å². The van der Waals surface area contributed by atoms with Crippen molar-refractivity contribution in [2.75, 3.05) is 0 Å². The molecule has 0 saturated carbocycles. The van der Waals surface area contributed by atoms with Gasteiger partial charge in [0.15, 0.2) is 0 Å². The number of benzene rings is 2. The zero-order valence-electron chi connectivity index (χ0n) is 9.57. The summed E-state index contributed by atoms with van der Waals surface area (Å²) in [5.41, 5.74) is 1.84. The molecule has 0 saturated heterocycles. The highest BCUT2D eigenvalue weighted by molar-refractivity contribution is 9.10. The topological polar surface area (TPSA) is 17.1 Å². The van der Waals surface area contributed by atoms with Crippen molar-refractivity contribution in [2.24, 2.45) is 0 Å².